The fraction of sp³-hybridized carbons (Fsp3) is 0.278. The van der Waals surface area contributed by atoms with E-state index in [1.165, 1.54) is 0 Å². The molecular formula is C18H20N4O2. The Hall–Kier alpha value is -2.73. The Bertz CT molecular complexity index is 740. The van der Waals surface area contributed by atoms with E-state index in [1.807, 2.05) is 19.1 Å². The Labute approximate surface area is 140 Å². The SMILES string of the molecule is Cc1ccc(NC(=O)C2CCNC2)cc1NC(=O)c1ccncc1. The molecule has 1 aromatic heterocycles. The lowest BCUT2D eigenvalue weighted by Crippen LogP contribution is -2.24. The summed E-state index contributed by atoms with van der Waals surface area (Å²) < 4.78 is 0. The van der Waals surface area contributed by atoms with E-state index in [2.05, 4.69) is 20.9 Å². The second-order valence-corrected chi connectivity index (χ2v) is 5.90. The summed E-state index contributed by atoms with van der Waals surface area (Å²) in [5.74, 6) is -0.194. The van der Waals surface area contributed by atoms with Crippen LogP contribution in [0.2, 0.25) is 0 Å². The van der Waals surface area contributed by atoms with Crippen LogP contribution in [0.25, 0.3) is 0 Å². The van der Waals surface area contributed by atoms with Crippen molar-refractivity contribution in [1.29, 1.82) is 0 Å². The van der Waals surface area contributed by atoms with Crippen LogP contribution in [0.3, 0.4) is 0 Å². The second kappa shape index (κ2) is 7.23. The van der Waals surface area contributed by atoms with Gasteiger partial charge in [-0.2, -0.15) is 0 Å². The number of carbonyl (C=O) groups excluding carboxylic acids is 2. The van der Waals surface area contributed by atoms with Crippen LogP contribution in [0.1, 0.15) is 22.3 Å². The van der Waals surface area contributed by atoms with Crippen LogP contribution >= 0.6 is 0 Å². The fourth-order valence-corrected chi connectivity index (χ4v) is 2.65. The number of aryl methyl sites for hydroxylation is 1. The molecule has 0 radical (unpaired) electrons. The van der Waals surface area contributed by atoms with Crippen molar-refractivity contribution in [1.82, 2.24) is 10.3 Å². The molecule has 3 rings (SSSR count). The molecule has 2 heterocycles. The summed E-state index contributed by atoms with van der Waals surface area (Å²) in [6.45, 7) is 3.50. The molecular weight excluding hydrogens is 304 g/mol. The fourth-order valence-electron chi connectivity index (χ4n) is 2.65. The van der Waals surface area contributed by atoms with E-state index >= 15 is 0 Å². The summed E-state index contributed by atoms with van der Waals surface area (Å²) in [4.78, 5) is 28.4. The lowest BCUT2D eigenvalue weighted by molar-refractivity contribution is -0.119. The Kier molecular flexibility index (Phi) is 4.86. The molecule has 1 saturated heterocycles. The van der Waals surface area contributed by atoms with Gasteiger partial charge < -0.3 is 16.0 Å². The molecule has 0 saturated carbocycles. The van der Waals surface area contributed by atoms with Crippen LogP contribution in [-0.4, -0.2) is 29.9 Å². The summed E-state index contributed by atoms with van der Waals surface area (Å²) >= 11 is 0. The van der Waals surface area contributed by atoms with E-state index in [4.69, 9.17) is 0 Å². The predicted octanol–water partition coefficient (Wildman–Crippen LogP) is 2.19. The van der Waals surface area contributed by atoms with E-state index in [0.717, 1.165) is 18.5 Å². The third-order valence-corrected chi connectivity index (χ3v) is 4.13. The van der Waals surface area contributed by atoms with Gasteiger partial charge in [0.05, 0.1) is 5.92 Å². The van der Waals surface area contributed by atoms with E-state index in [9.17, 15) is 9.59 Å². The molecule has 1 aromatic carbocycles. The van der Waals surface area contributed by atoms with Gasteiger partial charge in [-0.15, -0.1) is 0 Å². The number of anilines is 2. The first-order chi connectivity index (χ1) is 11.6. The van der Waals surface area contributed by atoms with Gasteiger partial charge in [0.1, 0.15) is 0 Å². The number of benzene rings is 1. The molecule has 3 N–H and O–H groups in total. The number of nitrogens with zero attached hydrogens (tertiary/aromatic N) is 1. The molecule has 1 aliphatic rings. The molecule has 6 heteroatoms. The van der Waals surface area contributed by atoms with Crippen molar-refractivity contribution in [2.75, 3.05) is 23.7 Å². The van der Waals surface area contributed by atoms with E-state index < -0.39 is 0 Å². The number of nitrogens with one attached hydrogen (secondary N) is 3. The molecule has 2 aromatic rings. The largest absolute Gasteiger partial charge is 0.326 e. The van der Waals surface area contributed by atoms with Crippen LogP contribution in [0.5, 0.6) is 0 Å². The molecule has 1 atom stereocenters. The molecule has 24 heavy (non-hydrogen) atoms. The minimum Gasteiger partial charge on any atom is -0.326 e. The summed E-state index contributed by atoms with van der Waals surface area (Å²) in [5, 5.41) is 8.98. The summed E-state index contributed by atoms with van der Waals surface area (Å²) in [7, 11) is 0. The average molecular weight is 324 g/mol. The Morgan fingerprint density at radius 2 is 1.96 bits per heavy atom. The highest BCUT2D eigenvalue weighted by Crippen LogP contribution is 2.22. The number of amides is 2. The van der Waals surface area contributed by atoms with E-state index in [-0.39, 0.29) is 17.7 Å². The maximum absolute atomic E-state index is 12.3. The molecule has 1 aliphatic heterocycles. The Morgan fingerprint density at radius 3 is 2.67 bits per heavy atom. The Balaban J connectivity index is 1.71. The average Bonchev–Trinajstić information content (AvgIpc) is 3.13. The molecule has 124 valence electrons. The standard InChI is InChI=1S/C18H20N4O2/c1-12-2-3-15(21-18(24)14-6-9-20-11-14)10-16(12)22-17(23)13-4-7-19-8-5-13/h2-5,7-8,10,14,20H,6,9,11H2,1H3,(H,21,24)(H,22,23). The summed E-state index contributed by atoms with van der Waals surface area (Å²) in [6.07, 6.45) is 4.01. The molecule has 0 bridgehead atoms. The van der Waals surface area contributed by atoms with Crippen molar-refractivity contribution in [3.63, 3.8) is 0 Å². The highest BCUT2D eigenvalue weighted by Gasteiger charge is 2.22. The first-order valence-electron chi connectivity index (χ1n) is 7.97. The zero-order valence-electron chi connectivity index (χ0n) is 13.5. The Morgan fingerprint density at radius 1 is 1.17 bits per heavy atom. The maximum atomic E-state index is 12.3. The number of rotatable bonds is 4. The molecule has 1 fully saturated rings. The number of hydrogen-bond donors (Lipinski definition) is 3. The number of hydrogen-bond acceptors (Lipinski definition) is 4. The van der Waals surface area contributed by atoms with Crippen LogP contribution in [-0.2, 0) is 4.79 Å². The van der Waals surface area contributed by atoms with Crippen molar-refractivity contribution < 1.29 is 9.59 Å². The van der Waals surface area contributed by atoms with Gasteiger partial charge in [0.2, 0.25) is 5.91 Å². The first kappa shape index (κ1) is 16.1. The minimum absolute atomic E-state index is 0.00108. The monoisotopic (exact) mass is 324 g/mol. The zero-order chi connectivity index (χ0) is 16.9. The van der Waals surface area contributed by atoms with Gasteiger partial charge in [-0.3, -0.25) is 14.6 Å². The van der Waals surface area contributed by atoms with Crippen molar-refractivity contribution in [2.24, 2.45) is 5.92 Å². The van der Waals surface area contributed by atoms with Crippen LogP contribution in [0, 0.1) is 12.8 Å². The normalized spacial score (nSPS) is 16.6. The van der Waals surface area contributed by atoms with Crippen LogP contribution in [0.4, 0.5) is 11.4 Å². The number of pyridine rings is 1. The maximum Gasteiger partial charge on any atom is 0.255 e. The summed E-state index contributed by atoms with van der Waals surface area (Å²) in [5.41, 5.74) is 2.83. The van der Waals surface area contributed by atoms with Gasteiger partial charge in [0.25, 0.3) is 5.91 Å². The predicted molar refractivity (Wildman–Crippen MR) is 93.0 cm³/mol. The highest BCUT2D eigenvalue weighted by atomic mass is 16.2. The van der Waals surface area contributed by atoms with Crippen LogP contribution < -0.4 is 16.0 Å². The second-order valence-electron chi connectivity index (χ2n) is 5.90. The van der Waals surface area contributed by atoms with Crippen molar-refractivity contribution in [3.05, 3.63) is 53.9 Å². The van der Waals surface area contributed by atoms with E-state index in [0.29, 0.717) is 23.5 Å². The lowest BCUT2D eigenvalue weighted by atomic mass is 10.1. The van der Waals surface area contributed by atoms with Gasteiger partial charge in [0.15, 0.2) is 0 Å². The highest BCUT2D eigenvalue weighted by molar-refractivity contribution is 6.05. The van der Waals surface area contributed by atoms with Gasteiger partial charge in [-0.25, -0.2) is 0 Å². The number of aromatic nitrogens is 1. The molecule has 0 aliphatic carbocycles. The third-order valence-electron chi connectivity index (χ3n) is 4.13. The molecule has 1 unspecified atom stereocenters. The molecule has 0 spiro atoms. The first-order valence-corrected chi connectivity index (χ1v) is 7.97. The topological polar surface area (TPSA) is 83.1 Å². The van der Waals surface area contributed by atoms with Crippen molar-refractivity contribution in [2.45, 2.75) is 13.3 Å². The van der Waals surface area contributed by atoms with Gasteiger partial charge >= 0.3 is 0 Å². The minimum atomic E-state index is -0.205. The van der Waals surface area contributed by atoms with Gasteiger partial charge in [-0.1, -0.05) is 6.07 Å². The quantitative estimate of drug-likeness (QED) is 0.805. The van der Waals surface area contributed by atoms with Crippen molar-refractivity contribution >= 4 is 23.2 Å². The van der Waals surface area contributed by atoms with E-state index in [1.54, 1.807) is 30.6 Å². The smallest absolute Gasteiger partial charge is 0.255 e. The molecule has 2 amide bonds. The lowest BCUT2D eigenvalue weighted by Gasteiger charge is -2.13. The summed E-state index contributed by atoms with van der Waals surface area (Å²) in [6, 6.07) is 8.82. The van der Waals surface area contributed by atoms with Gasteiger partial charge in [-0.05, 0) is 49.7 Å². The number of carbonyl (C=O) groups is 2. The van der Waals surface area contributed by atoms with Gasteiger partial charge in [0, 0.05) is 35.9 Å². The van der Waals surface area contributed by atoms with Crippen molar-refractivity contribution in [3.8, 4) is 0 Å². The zero-order valence-corrected chi connectivity index (χ0v) is 13.5. The van der Waals surface area contributed by atoms with Crippen LogP contribution in [0.15, 0.2) is 42.7 Å². The third kappa shape index (κ3) is 3.78. The molecule has 6 nitrogen and oxygen atoms in total.